The molecule has 0 aliphatic heterocycles. The molecule has 2 atom stereocenters. The Labute approximate surface area is 105 Å². The van der Waals surface area contributed by atoms with Crippen LogP contribution in [-0.2, 0) is 0 Å². The standard InChI is InChI=1S/C12H17N5O/c1-7-15-11(13)8-6-14-17(12(8)16-7)9-4-2-3-5-10(9)18/h6,9-10,18H,2-5H2,1H3,(H2,13,15,16). The fraction of sp³-hybridized carbons (Fsp3) is 0.583. The van der Waals surface area contributed by atoms with Crippen molar-refractivity contribution in [2.75, 3.05) is 5.73 Å². The third kappa shape index (κ3) is 1.73. The van der Waals surface area contributed by atoms with Crippen LogP contribution in [0.15, 0.2) is 6.20 Å². The number of anilines is 1. The van der Waals surface area contributed by atoms with Crippen LogP contribution in [0.5, 0.6) is 0 Å². The molecule has 0 aromatic carbocycles. The molecule has 1 aliphatic rings. The first-order valence-electron chi connectivity index (χ1n) is 6.32. The fourth-order valence-corrected chi connectivity index (χ4v) is 2.68. The number of aliphatic hydroxyl groups is 1. The van der Waals surface area contributed by atoms with Crippen molar-refractivity contribution in [2.24, 2.45) is 0 Å². The molecule has 3 rings (SSSR count). The SMILES string of the molecule is Cc1nc(N)c2cnn(C3CCCCC3O)c2n1. The minimum Gasteiger partial charge on any atom is -0.391 e. The highest BCUT2D eigenvalue weighted by atomic mass is 16.3. The quantitative estimate of drug-likeness (QED) is 0.790. The molecular formula is C12H17N5O. The minimum absolute atomic E-state index is 0.00458. The smallest absolute Gasteiger partial charge is 0.163 e. The number of nitrogens with two attached hydrogens (primary N) is 1. The molecule has 0 amide bonds. The van der Waals surface area contributed by atoms with Crippen molar-refractivity contribution in [1.29, 1.82) is 0 Å². The van der Waals surface area contributed by atoms with Gasteiger partial charge in [0.25, 0.3) is 0 Å². The van der Waals surface area contributed by atoms with Gasteiger partial charge in [0.15, 0.2) is 5.65 Å². The van der Waals surface area contributed by atoms with E-state index < -0.39 is 0 Å². The molecule has 0 bridgehead atoms. The normalized spacial score (nSPS) is 24.6. The first-order valence-corrected chi connectivity index (χ1v) is 6.32. The highest BCUT2D eigenvalue weighted by molar-refractivity contribution is 5.85. The third-order valence-electron chi connectivity index (χ3n) is 3.60. The van der Waals surface area contributed by atoms with Gasteiger partial charge in [0, 0.05) is 0 Å². The van der Waals surface area contributed by atoms with Gasteiger partial charge in [0.05, 0.1) is 23.7 Å². The van der Waals surface area contributed by atoms with Crippen molar-refractivity contribution in [3.63, 3.8) is 0 Å². The molecule has 0 saturated heterocycles. The summed E-state index contributed by atoms with van der Waals surface area (Å²) >= 11 is 0. The van der Waals surface area contributed by atoms with E-state index in [1.807, 2.05) is 11.6 Å². The largest absolute Gasteiger partial charge is 0.391 e. The molecule has 1 saturated carbocycles. The van der Waals surface area contributed by atoms with E-state index in [1.54, 1.807) is 6.20 Å². The summed E-state index contributed by atoms with van der Waals surface area (Å²) in [6, 6.07) is 0.00458. The lowest BCUT2D eigenvalue weighted by Crippen LogP contribution is -2.28. The second kappa shape index (κ2) is 4.20. The van der Waals surface area contributed by atoms with Gasteiger partial charge >= 0.3 is 0 Å². The van der Waals surface area contributed by atoms with Gasteiger partial charge in [-0.15, -0.1) is 0 Å². The zero-order chi connectivity index (χ0) is 12.7. The van der Waals surface area contributed by atoms with Crippen molar-refractivity contribution in [3.05, 3.63) is 12.0 Å². The summed E-state index contributed by atoms with van der Waals surface area (Å²) in [6.45, 7) is 1.81. The third-order valence-corrected chi connectivity index (χ3v) is 3.60. The molecule has 18 heavy (non-hydrogen) atoms. The summed E-state index contributed by atoms with van der Waals surface area (Å²) in [5, 5.41) is 15.2. The van der Waals surface area contributed by atoms with Gasteiger partial charge in [-0.25, -0.2) is 14.6 Å². The molecule has 2 unspecified atom stereocenters. The van der Waals surface area contributed by atoms with E-state index in [1.165, 1.54) is 0 Å². The maximum absolute atomic E-state index is 10.1. The van der Waals surface area contributed by atoms with Crippen LogP contribution >= 0.6 is 0 Å². The van der Waals surface area contributed by atoms with Crippen LogP contribution in [0.2, 0.25) is 0 Å². The van der Waals surface area contributed by atoms with E-state index in [-0.39, 0.29) is 12.1 Å². The van der Waals surface area contributed by atoms with Crippen LogP contribution in [0.3, 0.4) is 0 Å². The number of fused-ring (bicyclic) bond motifs is 1. The minimum atomic E-state index is -0.349. The summed E-state index contributed by atoms with van der Waals surface area (Å²) in [4.78, 5) is 8.53. The average Bonchev–Trinajstić information content (AvgIpc) is 2.73. The van der Waals surface area contributed by atoms with Crippen LogP contribution in [0.4, 0.5) is 5.82 Å². The Balaban J connectivity index is 2.11. The molecule has 3 N–H and O–H groups in total. The Morgan fingerprint density at radius 1 is 1.33 bits per heavy atom. The lowest BCUT2D eigenvalue weighted by atomic mass is 9.93. The molecular weight excluding hydrogens is 230 g/mol. The van der Waals surface area contributed by atoms with Crippen molar-refractivity contribution >= 4 is 16.9 Å². The predicted octanol–water partition coefficient (Wildman–Crippen LogP) is 1.19. The van der Waals surface area contributed by atoms with Gasteiger partial charge in [-0.05, 0) is 19.8 Å². The van der Waals surface area contributed by atoms with Crippen LogP contribution in [0.25, 0.3) is 11.0 Å². The van der Waals surface area contributed by atoms with Crippen LogP contribution in [0, 0.1) is 6.92 Å². The van der Waals surface area contributed by atoms with Crippen molar-refractivity contribution < 1.29 is 5.11 Å². The van der Waals surface area contributed by atoms with E-state index in [9.17, 15) is 5.11 Å². The molecule has 2 aromatic heterocycles. The van der Waals surface area contributed by atoms with E-state index in [0.717, 1.165) is 36.7 Å². The molecule has 2 heterocycles. The zero-order valence-electron chi connectivity index (χ0n) is 10.4. The number of hydrogen-bond acceptors (Lipinski definition) is 5. The van der Waals surface area contributed by atoms with E-state index >= 15 is 0 Å². The average molecular weight is 247 g/mol. The summed E-state index contributed by atoms with van der Waals surface area (Å²) < 4.78 is 1.81. The Kier molecular flexibility index (Phi) is 2.66. The van der Waals surface area contributed by atoms with Gasteiger partial charge in [0.2, 0.25) is 0 Å². The van der Waals surface area contributed by atoms with Crippen LogP contribution in [-0.4, -0.2) is 31.0 Å². The first-order chi connectivity index (χ1) is 8.66. The summed E-state index contributed by atoms with van der Waals surface area (Å²) in [5.41, 5.74) is 6.60. The number of rotatable bonds is 1. The Morgan fingerprint density at radius 2 is 2.11 bits per heavy atom. The number of nitrogen functional groups attached to an aromatic ring is 1. The number of aryl methyl sites for hydroxylation is 1. The molecule has 6 heteroatoms. The topological polar surface area (TPSA) is 89.8 Å². The van der Waals surface area contributed by atoms with Crippen molar-refractivity contribution in [1.82, 2.24) is 19.7 Å². The molecule has 96 valence electrons. The Morgan fingerprint density at radius 3 is 2.89 bits per heavy atom. The van der Waals surface area contributed by atoms with Crippen molar-refractivity contribution in [2.45, 2.75) is 44.8 Å². The number of aliphatic hydroxyl groups excluding tert-OH is 1. The van der Waals surface area contributed by atoms with E-state index in [4.69, 9.17) is 5.73 Å². The molecule has 1 aliphatic carbocycles. The second-order valence-electron chi connectivity index (χ2n) is 4.90. The molecule has 1 fully saturated rings. The van der Waals surface area contributed by atoms with E-state index in [2.05, 4.69) is 15.1 Å². The van der Waals surface area contributed by atoms with Gasteiger partial charge in [-0.3, -0.25) is 0 Å². The maximum Gasteiger partial charge on any atom is 0.163 e. The van der Waals surface area contributed by atoms with Gasteiger partial charge in [0.1, 0.15) is 11.6 Å². The number of aromatic nitrogens is 4. The Bertz CT molecular complexity index is 579. The molecule has 0 radical (unpaired) electrons. The Hall–Kier alpha value is -1.69. The monoisotopic (exact) mass is 247 g/mol. The fourth-order valence-electron chi connectivity index (χ4n) is 2.68. The number of hydrogen-bond donors (Lipinski definition) is 2. The van der Waals surface area contributed by atoms with Crippen LogP contribution < -0.4 is 5.73 Å². The maximum atomic E-state index is 10.1. The van der Waals surface area contributed by atoms with Crippen LogP contribution in [0.1, 0.15) is 37.5 Å². The summed E-state index contributed by atoms with van der Waals surface area (Å²) in [7, 11) is 0. The predicted molar refractivity (Wildman–Crippen MR) is 68.0 cm³/mol. The summed E-state index contributed by atoms with van der Waals surface area (Å²) in [5.74, 6) is 1.08. The lowest BCUT2D eigenvalue weighted by molar-refractivity contribution is 0.0713. The first kappa shape index (κ1) is 11.4. The number of nitrogens with zero attached hydrogens (tertiary/aromatic N) is 4. The second-order valence-corrected chi connectivity index (χ2v) is 4.90. The molecule has 0 spiro atoms. The van der Waals surface area contributed by atoms with Gasteiger partial charge < -0.3 is 10.8 Å². The summed E-state index contributed by atoms with van der Waals surface area (Å²) in [6.07, 6.45) is 5.28. The molecule has 2 aromatic rings. The van der Waals surface area contributed by atoms with Crippen molar-refractivity contribution in [3.8, 4) is 0 Å². The highest BCUT2D eigenvalue weighted by Gasteiger charge is 2.27. The molecule has 6 nitrogen and oxygen atoms in total. The van der Waals surface area contributed by atoms with Gasteiger partial charge in [-0.2, -0.15) is 5.10 Å². The zero-order valence-corrected chi connectivity index (χ0v) is 10.4. The van der Waals surface area contributed by atoms with E-state index in [0.29, 0.717) is 11.6 Å². The lowest BCUT2D eigenvalue weighted by Gasteiger charge is -2.27. The van der Waals surface area contributed by atoms with Gasteiger partial charge in [-0.1, -0.05) is 12.8 Å². The highest BCUT2D eigenvalue weighted by Crippen LogP contribution is 2.31.